The molecule has 0 spiro atoms. The van der Waals surface area contributed by atoms with Crippen LogP contribution in [0.3, 0.4) is 0 Å². The first-order valence-corrected chi connectivity index (χ1v) is 6.44. The van der Waals surface area contributed by atoms with E-state index in [1.807, 2.05) is 26.8 Å². The maximum absolute atomic E-state index is 12.1. The first kappa shape index (κ1) is 14.5. The molecule has 1 aromatic rings. The fourth-order valence-electron chi connectivity index (χ4n) is 2.33. The van der Waals surface area contributed by atoms with E-state index >= 15 is 0 Å². The van der Waals surface area contributed by atoms with Gasteiger partial charge in [-0.2, -0.15) is 5.10 Å². The molecule has 7 nitrogen and oxygen atoms in total. The molecule has 20 heavy (non-hydrogen) atoms. The average Bonchev–Trinajstić information content (AvgIpc) is 2.61. The van der Waals surface area contributed by atoms with E-state index < -0.39 is 11.6 Å². The van der Waals surface area contributed by atoms with Gasteiger partial charge in [0.05, 0.1) is 18.8 Å². The van der Waals surface area contributed by atoms with Crippen molar-refractivity contribution in [3.63, 3.8) is 0 Å². The number of aliphatic carboxylic acids is 1. The van der Waals surface area contributed by atoms with E-state index in [2.05, 4.69) is 5.10 Å². The third-order valence-corrected chi connectivity index (χ3v) is 3.34. The lowest BCUT2D eigenvalue weighted by atomic mass is 9.96. The van der Waals surface area contributed by atoms with Crippen molar-refractivity contribution in [2.24, 2.45) is 0 Å². The van der Waals surface area contributed by atoms with Crippen LogP contribution in [0.5, 0.6) is 0 Å². The quantitative estimate of drug-likeness (QED) is 0.833. The highest BCUT2D eigenvalue weighted by Gasteiger charge is 2.42. The van der Waals surface area contributed by atoms with E-state index in [1.54, 1.807) is 9.58 Å². The van der Waals surface area contributed by atoms with Crippen LogP contribution in [0.25, 0.3) is 0 Å². The van der Waals surface area contributed by atoms with E-state index in [4.69, 9.17) is 9.84 Å². The van der Waals surface area contributed by atoms with Crippen LogP contribution in [0.1, 0.15) is 18.3 Å². The maximum Gasteiger partial charge on any atom is 0.329 e. The Bertz CT molecular complexity index is 532. The van der Waals surface area contributed by atoms with Crippen LogP contribution < -0.4 is 0 Å². The summed E-state index contributed by atoms with van der Waals surface area (Å²) in [6.07, 6.45) is 0. The lowest BCUT2D eigenvalue weighted by Gasteiger charge is -2.47. The number of aryl methyl sites for hydroxylation is 2. The Kier molecular flexibility index (Phi) is 3.80. The number of carbonyl (C=O) groups is 2. The number of carboxylic acids is 1. The largest absolute Gasteiger partial charge is 0.480 e. The smallest absolute Gasteiger partial charge is 0.329 e. The molecule has 1 aliphatic rings. The molecule has 0 radical (unpaired) electrons. The van der Waals surface area contributed by atoms with Crippen LogP contribution in [0, 0.1) is 13.8 Å². The van der Waals surface area contributed by atoms with Gasteiger partial charge in [0, 0.05) is 5.69 Å². The molecule has 0 aliphatic carbocycles. The Balaban J connectivity index is 1.84. The fraction of sp³-hybridized carbons (Fsp3) is 0.615. The number of likely N-dealkylation sites (tertiary alicyclic amines) is 1. The van der Waals surface area contributed by atoms with Crippen molar-refractivity contribution in [2.45, 2.75) is 32.9 Å². The van der Waals surface area contributed by atoms with Crippen molar-refractivity contribution in [3.8, 4) is 0 Å². The Morgan fingerprint density at radius 3 is 2.60 bits per heavy atom. The van der Waals surface area contributed by atoms with Crippen LogP contribution in [-0.2, 0) is 20.9 Å². The molecule has 2 heterocycles. The van der Waals surface area contributed by atoms with Crippen LogP contribution >= 0.6 is 0 Å². The zero-order valence-corrected chi connectivity index (χ0v) is 11.9. The van der Waals surface area contributed by atoms with Crippen molar-refractivity contribution in [2.75, 3.05) is 19.7 Å². The summed E-state index contributed by atoms with van der Waals surface area (Å²) in [7, 11) is 0. The number of aromatic nitrogens is 2. The van der Waals surface area contributed by atoms with Gasteiger partial charge in [0.1, 0.15) is 18.8 Å². The van der Waals surface area contributed by atoms with Gasteiger partial charge in [-0.3, -0.25) is 9.48 Å². The number of hydrogen-bond donors (Lipinski definition) is 1. The molecular weight excluding hydrogens is 262 g/mol. The van der Waals surface area contributed by atoms with E-state index in [9.17, 15) is 9.59 Å². The number of carbonyl (C=O) groups excluding carboxylic acids is 1. The molecule has 0 unspecified atom stereocenters. The highest BCUT2D eigenvalue weighted by molar-refractivity contribution is 5.77. The van der Waals surface area contributed by atoms with Crippen LogP contribution in [0.4, 0.5) is 0 Å². The summed E-state index contributed by atoms with van der Waals surface area (Å²) < 4.78 is 6.94. The van der Waals surface area contributed by atoms with Gasteiger partial charge in [-0.15, -0.1) is 0 Å². The summed E-state index contributed by atoms with van der Waals surface area (Å²) in [5, 5.41) is 12.8. The minimum atomic E-state index is -1.00. The second-order valence-corrected chi connectivity index (χ2v) is 5.47. The predicted octanol–water partition coefficient (Wildman–Crippen LogP) is 0.202. The summed E-state index contributed by atoms with van der Waals surface area (Å²) in [5.41, 5.74) is 1.28. The summed E-state index contributed by atoms with van der Waals surface area (Å²) in [6, 6.07) is 1.92. The Labute approximate surface area is 117 Å². The van der Waals surface area contributed by atoms with Crippen LogP contribution in [0.15, 0.2) is 6.07 Å². The van der Waals surface area contributed by atoms with Crippen molar-refractivity contribution >= 4 is 11.9 Å². The topological polar surface area (TPSA) is 84.7 Å². The van der Waals surface area contributed by atoms with Crippen molar-refractivity contribution in [1.29, 1.82) is 0 Å². The average molecular weight is 281 g/mol. The standard InChI is InChI=1S/C13H19N3O4/c1-9-4-10(2)16(14-9)5-11(17)15-7-13(3,8-15)20-6-12(18)19/h4H,5-8H2,1-3H3,(H,18,19). The van der Waals surface area contributed by atoms with Gasteiger partial charge < -0.3 is 14.7 Å². The molecule has 1 saturated heterocycles. The molecule has 0 atom stereocenters. The molecule has 1 N–H and O–H groups in total. The highest BCUT2D eigenvalue weighted by atomic mass is 16.5. The number of carboxylic acid groups (broad SMARTS) is 1. The Morgan fingerprint density at radius 1 is 1.45 bits per heavy atom. The Hall–Kier alpha value is -1.89. The molecule has 0 bridgehead atoms. The highest BCUT2D eigenvalue weighted by Crippen LogP contribution is 2.24. The van der Waals surface area contributed by atoms with Crippen LogP contribution in [0.2, 0.25) is 0 Å². The Morgan fingerprint density at radius 2 is 2.10 bits per heavy atom. The van der Waals surface area contributed by atoms with E-state index in [0.29, 0.717) is 13.1 Å². The van der Waals surface area contributed by atoms with Gasteiger partial charge in [-0.25, -0.2) is 4.79 Å². The van der Waals surface area contributed by atoms with Gasteiger partial charge in [-0.1, -0.05) is 0 Å². The number of rotatable bonds is 5. The summed E-state index contributed by atoms with van der Waals surface area (Å²) >= 11 is 0. The minimum absolute atomic E-state index is 0.0346. The molecule has 7 heteroatoms. The van der Waals surface area contributed by atoms with Gasteiger partial charge in [0.2, 0.25) is 5.91 Å². The third kappa shape index (κ3) is 3.16. The van der Waals surface area contributed by atoms with Gasteiger partial charge >= 0.3 is 5.97 Å². The summed E-state index contributed by atoms with van der Waals surface area (Å²) in [5.74, 6) is -1.04. The minimum Gasteiger partial charge on any atom is -0.480 e. The van der Waals surface area contributed by atoms with E-state index in [-0.39, 0.29) is 19.1 Å². The SMILES string of the molecule is Cc1cc(C)n(CC(=O)N2CC(C)(OCC(=O)O)C2)n1. The number of amides is 1. The lowest BCUT2D eigenvalue weighted by molar-refractivity contribution is -0.173. The molecular formula is C13H19N3O4. The lowest BCUT2D eigenvalue weighted by Crippen LogP contribution is -2.64. The molecule has 1 fully saturated rings. The number of ether oxygens (including phenoxy) is 1. The van der Waals surface area contributed by atoms with E-state index in [1.165, 1.54) is 0 Å². The van der Waals surface area contributed by atoms with Crippen LogP contribution in [-0.4, -0.2) is 57.0 Å². The second kappa shape index (κ2) is 5.24. The van der Waals surface area contributed by atoms with Crippen molar-refractivity contribution in [1.82, 2.24) is 14.7 Å². The van der Waals surface area contributed by atoms with Crippen molar-refractivity contribution < 1.29 is 19.4 Å². The predicted molar refractivity (Wildman–Crippen MR) is 70.3 cm³/mol. The first-order valence-electron chi connectivity index (χ1n) is 6.44. The maximum atomic E-state index is 12.1. The molecule has 110 valence electrons. The van der Waals surface area contributed by atoms with E-state index in [0.717, 1.165) is 11.4 Å². The van der Waals surface area contributed by atoms with Gasteiger partial charge in [0.15, 0.2) is 0 Å². The zero-order valence-electron chi connectivity index (χ0n) is 11.9. The van der Waals surface area contributed by atoms with Gasteiger partial charge in [-0.05, 0) is 26.8 Å². The molecule has 1 amide bonds. The summed E-state index contributed by atoms with van der Waals surface area (Å²) in [6.45, 7) is 6.29. The summed E-state index contributed by atoms with van der Waals surface area (Å²) in [4.78, 5) is 24.2. The molecule has 2 rings (SSSR count). The zero-order chi connectivity index (χ0) is 14.9. The first-order chi connectivity index (χ1) is 9.29. The normalized spacial score (nSPS) is 16.9. The van der Waals surface area contributed by atoms with Gasteiger partial charge in [0.25, 0.3) is 0 Å². The molecule has 0 saturated carbocycles. The fourth-order valence-corrected chi connectivity index (χ4v) is 2.33. The molecule has 0 aromatic carbocycles. The monoisotopic (exact) mass is 281 g/mol. The third-order valence-electron chi connectivity index (χ3n) is 3.34. The molecule has 1 aromatic heterocycles. The van der Waals surface area contributed by atoms with Crippen molar-refractivity contribution in [3.05, 3.63) is 17.5 Å². The number of nitrogens with zero attached hydrogens (tertiary/aromatic N) is 3. The molecule has 1 aliphatic heterocycles. The number of hydrogen-bond acceptors (Lipinski definition) is 4. The second-order valence-electron chi connectivity index (χ2n) is 5.47.